The van der Waals surface area contributed by atoms with Crippen LogP contribution >= 0.6 is 22.9 Å². The van der Waals surface area contributed by atoms with Crippen molar-refractivity contribution in [2.75, 3.05) is 18.4 Å². The molecule has 1 aromatic heterocycles. The van der Waals surface area contributed by atoms with Gasteiger partial charge in [0.1, 0.15) is 10.7 Å². The third kappa shape index (κ3) is 4.02. The predicted molar refractivity (Wildman–Crippen MR) is 114 cm³/mol. The molecule has 0 radical (unpaired) electrons. The molecule has 29 heavy (non-hydrogen) atoms. The molecule has 1 N–H and O–H groups in total. The van der Waals surface area contributed by atoms with E-state index in [1.165, 1.54) is 28.6 Å². The number of carbonyl (C=O) groups excluding carboxylic acids is 1. The molecule has 1 fully saturated rings. The average molecular weight is 453 g/mol. The maximum absolute atomic E-state index is 13.4. The minimum atomic E-state index is -3.52. The summed E-state index contributed by atoms with van der Waals surface area (Å²) in [4.78, 5) is 13.1. The predicted octanol–water partition coefficient (Wildman–Crippen LogP) is 5.12. The zero-order valence-electron chi connectivity index (χ0n) is 15.3. The molecule has 1 saturated heterocycles. The van der Waals surface area contributed by atoms with Crippen LogP contribution in [0.15, 0.2) is 47.4 Å². The fourth-order valence-electron chi connectivity index (χ4n) is 3.34. The van der Waals surface area contributed by atoms with E-state index in [4.69, 9.17) is 11.6 Å². The number of amides is 1. The van der Waals surface area contributed by atoms with Crippen LogP contribution in [0.2, 0.25) is 5.02 Å². The first kappa shape index (κ1) is 20.3. The number of rotatable bonds is 4. The van der Waals surface area contributed by atoms with Gasteiger partial charge < -0.3 is 5.32 Å². The largest absolute Gasteiger partial charge is 0.321 e. The van der Waals surface area contributed by atoms with Gasteiger partial charge in [0.05, 0.1) is 9.92 Å². The summed E-state index contributed by atoms with van der Waals surface area (Å²) in [6, 6.07) is 10.3. The molecule has 5 nitrogen and oxygen atoms in total. The lowest BCUT2D eigenvalue weighted by atomic mass is 10.2. The van der Waals surface area contributed by atoms with Crippen molar-refractivity contribution in [3.63, 3.8) is 0 Å². The van der Waals surface area contributed by atoms with Crippen LogP contribution in [0.5, 0.6) is 0 Å². The zero-order valence-corrected chi connectivity index (χ0v) is 17.7. The quantitative estimate of drug-likeness (QED) is 0.597. The van der Waals surface area contributed by atoms with Gasteiger partial charge in [0.25, 0.3) is 5.91 Å². The zero-order chi connectivity index (χ0) is 20.6. The van der Waals surface area contributed by atoms with E-state index >= 15 is 0 Å². The number of benzene rings is 2. The molecule has 9 heteroatoms. The summed E-state index contributed by atoms with van der Waals surface area (Å²) in [5.41, 5.74) is 0.451. The highest BCUT2D eigenvalue weighted by atomic mass is 35.5. The van der Waals surface area contributed by atoms with Crippen molar-refractivity contribution in [3.8, 4) is 0 Å². The molecular formula is C20H18ClFN2O3S2. The van der Waals surface area contributed by atoms with E-state index < -0.39 is 21.7 Å². The fourth-order valence-corrected chi connectivity index (χ4v) is 6.29. The fraction of sp³-hybridized carbons (Fsp3) is 0.250. The molecule has 0 atom stereocenters. The van der Waals surface area contributed by atoms with E-state index in [2.05, 4.69) is 5.32 Å². The molecule has 4 rings (SSSR count). The molecule has 0 aliphatic carbocycles. The molecule has 0 unspecified atom stereocenters. The van der Waals surface area contributed by atoms with Gasteiger partial charge in [0.15, 0.2) is 0 Å². The second kappa shape index (κ2) is 8.02. The number of piperidine rings is 1. The topological polar surface area (TPSA) is 66.5 Å². The molecule has 2 aromatic carbocycles. The minimum absolute atomic E-state index is 0.202. The molecule has 1 aliphatic rings. The van der Waals surface area contributed by atoms with Crippen LogP contribution in [-0.4, -0.2) is 31.7 Å². The van der Waals surface area contributed by atoms with Crippen molar-refractivity contribution in [3.05, 3.63) is 58.2 Å². The van der Waals surface area contributed by atoms with E-state index in [0.717, 1.165) is 30.6 Å². The number of fused-ring (bicyclic) bond motifs is 1. The standard InChI is InChI=1S/C20H18ClFN2O3S2/c21-18-16-9-4-13(22)12-17(16)28-19(18)20(25)23-14-5-7-15(8-6-14)29(26,27)24-10-2-1-3-11-24/h4-9,12H,1-3,10-11H2,(H,23,25). The molecule has 152 valence electrons. The van der Waals surface area contributed by atoms with Crippen molar-refractivity contribution in [1.29, 1.82) is 0 Å². The highest BCUT2D eigenvalue weighted by molar-refractivity contribution is 7.89. The van der Waals surface area contributed by atoms with E-state index in [1.807, 2.05) is 0 Å². The molecule has 0 saturated carbocycles. The van der Waals surface area contributed by atoms with Gasteiger partial charge in [-0.3, -0.25) is 4.79 Å². The van der Waals surface area contributed by atoms with Crippen LogP contribution in [0.3, 0.4) is 0 Å². The first-order chi connectivity index (χ1) is 13.9. The Morgan fingerprint density at radius 3 is 2.45 bits per heavy atom. The third-order valence-electron chi connectivity index (χ3n) is 4.86. The van der Waals surface area contributed by atoms with Gasteiger partial charge >= 0.3 is 0 Å². The lowest BCUT2D eigenvalue weighted by molar-refractivity contribution is 0.103. The Balaban J connectivity index is 1.53. The molecule has 2 heterocycles. The highest BCUT2D eigenvalue weighted by Gasteiger charge is 2.26. The molecular weight excluding hydrogens is 435 g/mol. The number of hydrogen-bond donors (Lipinski definition) is 1. The second-order valence-electron chi connectivity index (χ2n) is 6.83. The van der Waals surface area contributed by atoms with Gasteiger partial charge in [-0.1, -0.05) is 18.0 Å². The lowest BCUT2D eigenvalue weighted by Crippen LogP contribution is -2.35. The van der Waals surface area contributed by atoms with E-state index in [0.29, 0.717) is 28.9 Å². The van der Waals surface area contributed by atoms with Crippen molar-refractivity contribution in [2.24, 2.45) is 0 Å². The maximum atomic E-state index is 13.4. The van der Waals surface area contributed by atoms with Crippen LogP contribution in [-0.2, 0) is 10.0 Å². The molecule has 1 aliphatic heterocycles. The summed E-state index contributed by atoms with van der Waals surface area (Å²) in [7, 11) is -3.52. The molecule has 0 bridgehead atoms. The number of thiophene rings is 1. The smallest absolute Gasteiger partial charge is 0.267 e. The van der Waals surface area contributed by atoms with Crippen molar-refractivity contribution in [1.82, 2.24) is 4.31 Å². The Morgan fingerprint density at radius 1 is 1.07 bits per heavy atom. The number of halogens is 2. The van der Waals surface area contributed by atoms with Crippen LogP contribution in [0.4, 0.5) is 10.1 Å². The van der Waals surface area contributed by atoms with Gasteiger partial charge in [-0.25, -0.2) is 12.8 Å². The van der Waals surface area contributed by atoms with Gasteiger partial charge in [-0.15, -0.1) is 11.3 Å². The Labute approximate surface area is 177 Å². The SMILES string of the molecule is O=C(Nc1ccc(S(=O)(=O)N2CCCCC2)cc1)c1sc2cc(F)ccc2c1Cl. The lowest BCUT2D eigenvalue weighted by Gasteiger charge is -2.25. The number of nitrogens with one attached hydrogen (secondary N) is 1. The van der Waals surface area contributed by atoms with Gasteiger partial charge in [-0.2, -0.15) is 4.31 Å². The summed E-state index contributed by atoms with van der Waals surface area (Å²) >= 11 is 7.39. The summed E-state index contributed by atoms with van der Waals surface area (Å²) in [6.45, 7) is 1.07. The van der Waals surface area contributed by atoms with Crippen LogP contribution in [0.25, 0.3) is 10.1 Å². The van der Waals surface area contributed by atoms with Gasteiger partial charge in [0.2, 0.25) is 10.0 Å². The van der Waals surface area contributed by atoms with Crippen LogP contribution in [0.1, 0.15) is 28.9 Å². The molecule has 0 spiro atoms. The van der Waals surface area contributed by atoms with Crippen molar-refractivity contribution >= 4 is 54.6 Å². The first-order valence-electron chi connectivity index (χ1n) is 9.15. The van der Waals surface area contributed by atoms with Crippen molar-refractivity contribution < 1.29 is 17.6 Å². The van der Waals surface area contributed by atoms with Crippen LogP contribution in [0, 0.1) is 5.82 Å². The van der Waals surface area contributed by atoms with E-state index in [1.54, 1.807) is 18.2 Å². The van der Waals surface area contributed by atoms with E-state index in [9.17, 15) is 17.6 Å². The van der Waals surface area contributed by atoms with Crippen LogP contribution < -0.4 is 5.32 Å². The number of anilines is 1. The normalized spacial score (nSPS) is 15.5. The van der Waals surface area contributed by atoms with E-state index in [-0.39, 0.29) is 14.8 Å². The third-order valence-corrected chi connectivity index (χ3v) is 8.43. The Bertz CT molecular complexity index is 1170. The number of carbonyl (C=O) groups is 1. The van der Waals surface area contributed by atoms with Gasteiger partial charge in [-0.05, 0) is 55.3 Å². The summed E-state index contributed by atoms with van der Waals surface area (Å²) in [5.74, 6) is -0.823. The second-order valence-corrected chi connectivity index (χ2v) is 10.2. The number of nitrogens with zero attached hydrogens (tertiary/aromatic N) is 1. The monoisotopic (exact) mass is 452 g/mol. The Hall–Kier alpha value is -2.00. The maximum Gasteiger partial charge on any atom is 0.267 e. The summed E-state index contributed by atoms with van der Waals surface area (Å²) in [6.07, 6.45) is 2.78. The van der Waals surface area contributed by atoms with Crippen molar-refractivity contribution in [2.45, 2.75) is 24.2 Å². The minimum Gasteiger partial charge on any atom is -0.321 e. The number of sulfonamides is 1. The number of hydrogen-bond acceptors (Lipinski definition) is 4. The van der Waals surface area contributed by atoms with Gasteiger partial charge in [0, 0.05) is 28.9 Å². The molecule has 1 amide bonds. The Kier molecular flexibility index (Phi) is 5.61. The Morgan fingerprint density at radius 2 is 1.76 bits per heavy atom. The first-order valence-corrected chi connectivity index (χ1v) is 11.8. The average Bonchev–Trinajstić information content (AvgIpc) is 3.05. The summed E-state index contributed by atoms with van der Waals surface area (Å²) in [5, 5.41) is 3.60. The summed E-state index contributed by atoms with van der Waals surface area (Å²) < 4.78 is 40.9. The molecule has 3 aromatic rings. The highest BCUT2D eigenvalue weighted by Crippen LogP contribution is 2.36.